The van der Waals surface area contributed by atoms with Crippen LogP contribution in [0.3, 0.4) is 0 Å². The Kier molecular flexibility index (Phi) is 5.87. The normalized spacial score (nSPS) is 26.1. The number of hydrogen-bond donors (Lipinski definition) is 4. The van der Waals surface area contributed by atoms with E-state index in [0.717, 1.165) is 17.8 Å². The highest BCUT2D eigenvalue weighted by Gasteiger charge is 2.44. The molecular weight excluding hydrogens is 383 g/mol. The molecule has 4 N–H and O–H groups in total. The van der Waals surface area contributed by atoms with Gasteiger partial charge in [0.2, 0.25) is 0 Å². The molecule has 0 aromatic carbocycles. The molecule has 2 rings (SSSR count). The Labute approximate surface area is 149 Å². The lowest BCUT2D eigenvalue weighted by atomic mass is 10.1. The Morgan fingerprint density at radius 3 is 2.54 bits per heavy atom. The van der Waals surface area contributed by atoms with Crippen molar-refractivity contribution >= 4 is 18.1 Å². The van der Waals surface area contributed by atoms with Gasteiger partial charge in [-0.1, -0.05) is 0 Å². The first-order valence-electron chi connectivity index (χ1n) is 7.26. The third-order valence-corrected chi connectivity index (χ3v) is 4.14. The van der Waals surface area contributed by atoms with E-state index in [4.69, 9.17) is 22.1 Å². The molecule has 1 saturated heterocycles. The summed E-state index contributed by atoms with van der Waals surface area (Å²) >= 11 is 4.94. The minimum Gasteiger partial charge on any atom is -0.394 e. The summed E-state index contributed by atoms with van der Waals surface area (Å²) < 4.78 is 43.5. The van der Waals surface area contributed by atoms with Crippen LogP contribution in [0.25, 0.3) is 0 Å². The zero-order chi connectivity index (χ0) is 19.8. The number of amides is 1. The number of carbonyl (C=O) groups excluding carboxylic acids is 1. The third-order valence-electron chi connectivity index (χ3n) is 3.83. The fraction of sp³-hybridized carbons (Fsp3) is 0.615. The van der Waals surface area contributed by atoms with Crippen molar-refractivity contribution in [2.75, 3.05) is 13.7 Å². The number of hydrogen-bond acceptors (Lipinski definition) is 7. The Hall–Kier alpha value is -1.80. The van der Waals surface area contributed by atoms with Crippen LogP contribution in [-0.2, 0) is 16.1 Å². The van der Waals surface area contributed by atoms with Crippen molar-refractivity contribution in [1.82, 2.24) is 14.5 Å². The predicted octanol–water partition coefficient (Wildman–Crippen LogP) is -0.962. The minimum atomic E-state index is -5.10. The van der Waals surface area contributed by atoms with Gasteiger partial charge < -0.3 is 25.0 Å². The monoisotopic (exact) mass is 399 g/mol. The number of aliphatic hydroxyl groups excluding tert-OH is 3. The highest BCUT2D eigenvalue weighted by atomic mass is 32.1. The first-order chi connectivity index (χ1) is 12.0. The summed E-state index contributed by atoms with van der Waals surface area (Å²) in [4.78, 5) is 25.6. The van der Waals surface area contributed by atoms with Crippen LogP contribution in [0.15, 0.2) is 11.0 Å². The molecule has 0 radical (unpaired) electrons. The molecule has 1 aliphatic rings. The number of halogens is 3. The number of ether oxygens (including phenoxy) is 1. The van der Waals surface area contributed by atoms with Crippen molar-refractivity contribution in [3.05, 3.63) is 26.9 Å². The van der Waals surface area contributed by atoms with E-state index in [1.54, 1.807) is 0 Å². The summed E-state index contributed by atoms with van der Waals surface area (Å²) in [7, 11) is 0.869. The zero-order valence-electron chi connectivity index (χ0n) is 13.3. The first kappa shape index (κ1) is 20.5. The van der Waals surface area contributed by atoms with Crippen molar-refractivity contribution in [3.63, 3.8) is 0 Å². The summed E-state index contributed by atoms with van der Waals surface area (Å²) in [6.45, 7) is -1.28. The zero-order valence-corrected chi connectivity index (χ0v) is 14.1. The summed E-state index contributed by atoms with van der Waals surface area (Å²) in [6.07, 6.45) is -9.40. The molecular formula is C13H16F3N3O6S. The number of alkyl halides is 3. The molecule has 1 unspecified atom stereocenters. The van der Waals surface area contributed by atoms with Gasteiger partial charge in [0.15, 0.2) is 11.0 Å². The van der Waals surface area contributed by atoms with Gasteiger partial charge in [-0.15, -0.1) is 0 Å². The maximum atomic E-state index is 12.5. The van der Waals surface area contributed by atoms with Gasteiger partial charge in [-0.25, -0.2) is 0 Å². The summed E-state index contributed by atoms with van der Waals surface area (Å²) in [5, 5.41) is 28.9. The van der Waals surface area contributed by atoms with E-state index in [1.165, 1.54) is 0 Å². The topological polar surface area (TPSA) is 128 Å². The second-order valence-corrected chi connectivity index (χ2v) is 6.10. The standard InChI is InChI=1S/C13H16F3N3O6S/c1-18(11(24)13(14,15)16)2-5-3-19(12(26)17-9(5)23)10-8(22)7(21)6(4-20)25-10/h3,6-8,10,20-22H,2,4H2,1H3,(H,17,23,26)/t6-,7+,8?,10-/m1/s1. The van der Waals surface area contributed by atoms with Crippen LogP contribution in [0, 0.1) is 4.77 Å². The molecule has 1 fully saturated rings. The quantitative estimate of drug-likeness (QED) is 0.480. The van der Waals surface area contributed by atoms with Crippen molar-refractivity contribution in [3.8, 4) is 0 Å². The largest absolute Gasteiger partial charge is 0.471 e. The molecule has 1 aromatic heterocycles. The highest BCUT2D eigenvalue weighted by Crippen LogP contribution is 2.29. The number of aromatic amines is 1. The molecule has 4 atom stereocenters. The van der Waals surface area contributed by atoms with Crippen LogP contribution < -0.4 is 5.56 Å². The van der Waals surface area contributed by atoms with Crippen LogP contribution >= 0.6 is 12.2 Å². The molecule has 0 aliphatic carbocycles. The van der Waals surface area contributed by atoms with Gasteiger partial charge in [-0.05, 0) is 12.2 Å². The van der Waals surface area contributed by atoms with Gasteiger partial charge in [-0.3, -0.25) is 19.1 Å². The summed E-state index contributed by atoms with van der Waals surface area (Å²) in [5.74, 6) is -2.14. The van der Waals surface area contributed by atoms with Crippen molar-refractivity contribution in [2.24, 2.45) is 0 Å². The molecule has 9 nitrogen and oxygen atoms in total. The van der Waals surface area contributed by atoms with E-state index < -0.39 is 55.3 Å². The highest BCUT2D eigenvalue weighted by molar-refractivity contribution is 7.71. The smallest absolute Gasteiger partial charge is 0.394 e. The molecule has 146 valence electrons. The number of H-pyrrole nitrogens is 1. The number of aliphatic hydroxyl groups is 3. The molecule has 26 heavy (non-hydrogen) atoms. The summed E-state index contributed by atoms with van der Waals surface area (Å²) in [6, 6.07) is 0. The van der Waals surface area contributed by atoms with Crippen molar-refractivity contribution in [1.29, 1.82) is 0 Å². The van der Waals surface area contributed by atoms with Gasteiger partial charge in [0.05, 0.1) is 18.7 Å². The van der Waals surface area contributed by atoms with Gasteiger partial charge in [0, 0.05) is 13.2 Å². The Morgan fingerprint density at radius 2 is 2.04 bits per heavy atom. The van der Waals surface area contributed by atoms with E-state index in [0.29, 0.717) is 4.90 Å². The second-order valence-electron chi connectivity index (χ2n) is 5.71. The van der Waals surface area contributed by atoms with E-state index in [-0.39, 0.29) is 10.3 Å². The molecule has 1 amide bonds. The lowest BCUT2D eigenvalue weighted by molar-refractivity contribution is -0.184. The van der Waals surface area contributed by atoms with E-state index in [2.05, 4.69) is 4.98 Å². The maximum absolute atomic E-state index is 12.5. The fourth-order valence-electron chi connectivity index (χ4n) is 2.48. The predicted molar refractivity (Wildman–Crippen MR) is 81.4 cm³/mol. The number of nitrogens with zero attached hydrogens (tertiary/aromatic N) is 2. The average molecular weight is 399 g/mol. The van der Waals surface area contributed by atoms with Crippen LogP contribution in [0.2, 0.25) is 0 Å². The van der Waals surface area contributed by atoms with Crippen LogP contribution in [-0.4, -0.2) is 73.8 Å². The molecule has 0 saturated carbocycles. The fourth-order valence-corrected chi connectivity index (χ4v) is 2.73. The van der Waals surface area contributed by atoms with E-state index >= 15 is 0 Å². The summed E-state index contributed by atoms with van der Waals surface area (Å²) in [5.41, 5.74) is -1.07. The Morgan fingerprint density at radius 1 is 1.42 bits per heavy atom. The molecule has 1 aliphatic heterocycles. The van der Waals surface area contributed by atoms with E-state index in [1.807, 2.05) is 0 Å². The molecule has 1 aromatic rings. The van der Waals surface area contributed by atoms with Gasteiger partial charge in [0.1, 0.15) is 18.3 Å². The van der Waals surface area contributed by atoms with Crippen LogP contribution in [0.5, 0.6) is 0 Å². The molecule has 13 heteroatoms. The first-order valence-corrected chi connectivity index (χ1v) is 7.67. The van der Waals surface area contributed by atoms with Gasteiger partial charge in [0.25, 0.3) is 5.56 Å². The number of nitrogens with one attached hydrogen (secondary N) is 1. The van der Waals surface area contributed by atoms with Gasteiger partial charge >= 0.3 is 12.1 Å². The lowest BCUT2D eigenvalue weighted by Crippen LogP contribution is -2.39. The van der Waals surface area contributed by atoms with Gasteiger partial charge in [-0.2, -0.15) is 13.2 Å². The SMILES string of the molecule is CN(Cc1cn([C@@H]2O[C@H](CO)[C@H](O)C2O)c(=S)[nH]c1=O)C(=O)C(F)(F)F. The van der Waals surface area contributed by atoms with Crippen LogP contribution in [0.4, 0.5) is 13.2 Å². The maximum Gasteiger partial charge on any atom is 0.471 e. The Bertz CT molecular complexity index is 795. The van der Waals surface area contributed by atoms with Crippen molar-refractivity contribution in [2.45, 2.75) is 37.3 Å². The Balaban J connectivity index is 2.34. The number of rotatable bonds is 4. The second kappa shape index (κ2) is 7.44. The number of aromatic nitrogens is 2. The average Bonchev–Trinajstić information content (AvgIpc) is 2.83. The lowest BCUT2D eigenvalue weighted by Gasteiger charge is -2.21. The van der Waals surface area contributed by atoms with E-state index in [9.17, 15) is 33.0 Å². The third kappa shape index (κ3) is 3.96. The van der Waals surface area contributed by atoms with Crippen molar-refractivity contribution < 1.29 is 38.0 Å². The molecule has 0 bridgehead atoms. The van der Waals surface area contributed by atoms with Crippen LogP contribution in [0.1, 0.15) is 11.8 Å². The molecule has 2 heterocycles. The molecule has 0 spiro atoms. The number of carbonyl (C=O) groups is 1. The minimum absolute atomic E-state index is 0.224.